The number of benzene rings is 3. The van der Waals surface area contributed by atoms with E-state index < -0.39 is 6.04 Å². The first-order valence-electron chi connectivity index (χ1n) is 11.2. The van der Waals surface area contributed by atoms with Crippen LogP contribution in [0.15, 0.2) is 84.9 Å². The number of nitrogens with one attached hydrogen (secondary N) is 2. The Morgan fingerprint density at radius 2 is 1.41 bits per heavy atom. The standard InChI is InChI=1S/C27H29N3O2/c31-26(22-12-6-2-7-13-22)29-25(20-21-10-4-1-5-11-21)27(32)28-23-14-16-24(17-15-23)30-18-8-3-9-19-30/h1-2,4-7,10-17,25H,3,8-9,18-20H2,(H,28,32)(H,29,31). The molecule has 0 spiro atoms. The van der Waals surface area contributed by atoms with Gasteiger partial charge in [0.1, 0.15) is 6.04 Å². The van der Waals surface area contributed by atoms with E-state index in [0.29, 0.717) is 12.0 Å². The molecule has 5 heteroatoms. The average molecular weight is 428 g/mol. The molecular weight excluding hydrogens is 398 g/mol. The molecular formula is C27H29N3O2. The Bertz CT molecular complexity index is 1010. The minimum atomic E-state index is -0.688. The van der Waals surface area contributed by atoms with Crippen LogP contribution in [-0.4, -0.2) is 30.9 Å². The summed E-state index contributed by atoms with van der Waals surface area (Å²) in [5, 5.41) is 5.88. The summed E-state index contributed by atoms with van der Waals surface area (Å²) >= 11 is 0. The minimum Gasteiger partial charge on any atom is -0.372 e. The number of amides is 2. The summed E-state index contributed by atoms with van der Waals surface area (Å²) in [6, 6.07) is 26.0. The van der Waals surface area contributed by atoms with Crippen LogP contribution < -0.4 is 15.5 Å². The fourth-order valence-electron chi connectivity index (χ4n) is 4.03. The highest BCUT2D eigenvalue weighted by Gasteiger charge is 2.22. The number of carbonyl (C=O) groups is 2. The maximum absolute atomic E-state index is 13.1. The summed E-state index contributed by atoms with van der Waals surface area (Å²) in [5.74, 6) is -0.494. The van der Waals surface area contributed by atoms with Gasteiger partial charge < -0.3 is 15.5 Å². The van der Waals surface area contributed by atoms with Gasteiger partial charge in [0.05, 0.1) is 0 Å². The fourth-order valence-corrected chi connectivity index (χ4v) is 4.03. The predicted octanol–water partition coefficient (Wildman–Crippen LogP) is 4.66. The third-order valence-electron chi connectivity index (χ3n) is 5.80. The van der Waals surface area contributed by atoms with Gasteiger partial charge in [-0.05, 0) is 61.2 Å². The fraction of sp³-hybridized carbons (Fsp3) is 0.259. The first-order valence-corrected chi connectivity index (χ1v) is 11.2. The molecule has 0 radical (unpaired) electrons. The summed E-state index contributed by atoms with van der Waals surface area (Å²) in [5.41, 5.74) is 3.43. The van der Waals surface area contributed by atoms with Crippen molar-refractivity contribution in [2.45, 2.75) is 31.7 Å². The molecule has 1 heterocycles. The van der Waals surface area contributed by atoms with E-state index >= 15 is 0 Å². The lowest BCUT2D eigenvalue weighted by Crippen LogP contribution is -2.45. The Morgan fingerprint density at radius 3 is 2.06 bits per heavy atom. The predicted molar refractivity (Wildman–Crippen MR) is 129 cm³/mol. The van der Waals surface area contributed by atoms with Crippen molar-refractivity contribution in [3.63, 3.8) is 0 Å². The van der Waals surface area contributed by atoms with Crippen LogP contribution in [0.5, 0.6) is 0 Å². The maximum atomic E-state index is 13.1. The van der Waals surface area contributed by atoms with Gasteiger partial charge in [-0.25, -0.2) is 0 Å². The molecule has 1 aliphatic rings. The highest BCUT2D eigenvalue weighted by atomic mass is 16.2. The summed E-state index contributed by atoms with van der Waals surface area (Å²) in [6.07, 6.45) is 4.15. The Labute approximate surface area is 189 Å². The van der Waals surface area contributed by atoms with Crippen LogP contribution in [0.3, 0.4) is 0 Å². The molecule has 3 aromatic carbocycles. The highest BCUT2D eigenvalue weighted by Crippen LogP contribution is 2.22. The lowest BCUT2D eigenvalue weighted by Gasteiger charge is -2.29. The summed E-state index contributed by atoms with van der Waals surface area (Å²) in [6.45, 7) is 2.16. The van der Waals surface area contributed by atoms with Gasteiger partial charge in [-0.1, -0.05) is 48.5 Å². The molecule has 0 saturated carbocycles. The second-order valence-corrected chi connectivity index (χ2v) is 8.17. The Balaban J connectivity index is 1.45. The van der Waals surface area contributed by atoms with E-state index in [9.17, 15) is 9.59 Å². The zero-order valence-corrected chi connectivity index (χ0v) is 18.2. The van der Waals surface area contributed by atoms with Crippen molar-refractivity contribution in [2.75, 3.05) is 23.3 Å². The lowest BCUT2D eigenvalue weighted by molar-refractivity contribution is -0.118. The molecule has 0 aliphatic carbocycles. The number of carbonyl (C=O) groups excluding carboxylic acids is 2. The van der Waals surface area contributed by atoms with Crippen molar-refractivity contribution in [3.8, 4) is 0 Å². The normalized spacial score (nSPS) is 14.4. The van der Waals surface area contributed by atoms with Crippen molar-refractivity contribution in [1.82, 2.24) is 5.32 Å². The topological polar surface area (TPSA) is 61.4 Å². The Kier molecular flexibility index (Phi) is 7.18. The molecule has 1 unspecified atom stereocenters. The summed E-state index contributed by atoms with van der Waals surface area (Å²) in [4.78, 5) is 28.2. The van der Waals surface area contributed by atoms with Crippen LogP contribution in [0.4, 0.5) is 11.4 Å². The molecule has 1 aliphatic heterocycles. The van der Waals surface area contributed by atoms with Crippen LogP contribution in [0.25, 0.3) is 0 Å². The maximum Gasteiger partial charge on any atom is 0.251 e. The van der Waals surface area contributed by atoms with Crippen molar-refractivity contribution in [2.24, 2.45) is 0 Å². The molecule has 3 aromatic rings. The van der Waals surface area contributed by atoms with Gasteiger partial charge in [-0.3, -0.25) is 9.59 Å². The van der Waals surface area contributed by atoms with Gasteiger partial charge in [0.2, 0.25) is 5.91 Å². The molecule has 2 N–H and O–H groups in total. The number of hydrogen-bond donors (Lipinski definition) is 2. The van der Waals surface area contributed by atoms with E-state index in [1.807, 2.05) is 60.7 Å². The first-order chi connectivity index (χ1) is 15.7. The van der Waals surface area contributed by atoms with Gasteiger partial charge in [-0.15, -0.1) is 0 Å². The second kappa shape index (κ2) is 10.6. The van der Waals surface area contributed by atoms with Crippen LogP contribution >= 0.6 is 0 Å². The molecule has 0 bridgehead atoms. The molecule has 164 valence electrons. The summed E-state index contributed by atoms with van der Waals surface area (Å²) < 4.78 is 0. The molecule has 0 aromatic heterocycles. The Morgan fingerprint density at radius 1 is 0.781 bits per heavy atom. The van der Waals surface area contributed by atoms with Gasteiger partial charge in [0, 0.05) is 36.4 Å². The number of rotatable bonds is 7. The van der Waals surface area contributed by atoms with Crippen molar-refractivity contribution >= 4 is 23.2 Å². The molecule has 1 saturated heterocycles. The Hall–Kier alpha value is -3.60. The molecule has 5 nitrogen and oxygen atoms in total. The van der Waals surface area contributed by atoms with Crippen molar-refractivity contribution < 1.29 is 9.59 Å². The van der Waals surface area contributed by atoms with Crippen LogP contribution in [0, 0.1) is 0 Å². The minimum absolute atomic E-state index is 0.233. The molecule has 1 fully saturated rings. The zero-order chi connectivity index (χ0) is 22.2. The van der Waals surface area contributed by atoms with E-state index in [-0.39, 0.29) is 11.8 Å². The second-order valence-electron chi connectivity index (χ2n) is 8.17. The number of hydrogen-bond acceptors (Lipinski definition) is 3. The van der Waals surface area contributed by atoms with E-state index in [1.54, 1.807) is 12.1 Å². The largest absolute Gasteiger partial charge is 0.372 e. The monoisotopic (exact) mass is 427 g/mol. The van der Waals surface area contributed by atoms with Gasteiger partial charge in [0.25, 0.3) is 5.91 Å². The molecule has 2 amide bonds. The van der Waals surface area contributed by atoms with E-state index in [2.05, 4.69) is 27.7 Å². The molecule has 32 heavy (non-hydrogen) atoms. The van der Waals surface area contributed by atoms with Crippen LogP contribution in [0.1, 0.15) is 35.2 Å². The van der Waals surface area contributed by atoms with Crippen LogP contribution in [-0.2, 0) is 11.2 Å². The number of nitrogens with zero attached hydrogens (tertiary/aromatic N) is 1. The SMILES string of the molecule is O=C(NC(Cc1ccccc1)C(=O)Nc1ccc(N2CCCCC2)cc1)c1ccccc1. The molecule has 1 atom stereocenters. The van der Waals surface area contributed by atoms with Crippen molar-refractivity contribution in [1.29, 1.82) is 0 Å². The number of anilines is 2. The van der Waals surface area contributed by atoms with E-state index in [0.717, 1.165) is 24.3 Å². The zero-order valence-electron chi connectivity index (χ0n) is 18.2. The third kappa shape index (κ3) is 5.76. The highest BCUT2D eigenvalue weighted by molar-refractivity contribution is 6.01. The van der Waals surface area contributed by atoms with Crippen LogP contribution in [0.2, 0.25) is 0 Å². The first kappa shape index (κ1) is 21.6. The van der Waals surface area contributed by atoms with Crippen molar-refractivity contribution in [3.05, 3.63) is 96.1 Å². The summed E-state index contributed by atoms with van der Waals surface area (Å²) in [7, 11) is 0. The van der Waals surface area contributed by atoms with E-state index in [4.69, 9.17) is 0 Å². The number of piperidine rings is 1. The van der Waals surface area contributed by atoms with Gasteiger partial charge in [-0.2, -0.15) is 0 Å². The quantitative estimate of drug-likeness (QED) is 0.577. The lowest BCUT2D eigenvalue weighted by atomic mass is 10.0. The molecule has 4 rings (SSSR count). The smallest absolute Gasteiger partial charge is 0.251 e. The van der Waals surface area contributed by atoms with Gasteiger partial charge >= 0.3 is 0 Å². The average Bonchev–Trinajstić information content (AvgIpc) is 2.86. The van der Waals surface area contributed by atoms with E-state index in [1.165, 1.54) is 24.9 Å². The van der Waals surface area contributed by atoms with Gasteiger partial charge in [0.15, 0.2) is 0 Å². The third-order valence-corrected chi connectivity index (χ3v) is 5.80.